The molecule has 1 aromatic heterocycles. The first-order valence-corrected chi connectivity index (χ1v) is 6.44. The number of rotatable bonds is 6. The molecule has 21 heavy (non-hydrogen) atoms. The summed E-state index contributed by atoms with van der Waals surface area (Å²) in [5.74, 6) is -0.211. The number of nitrogens with zero attached hydrogens (tertiary/aromatic N) is 3. The van der Waals surface area contributed by atoms with Gasteiger partial charge in [-0.15, -0.1) is 12.4 Å². The Balaban J connectivity index is 0.00000220. The van der Waals surface area contributed by atoms with Crippen molar-refractivity contribution in [2.75, 3.05) is 32.5 Å². The Hall–Kier alpha value is -1.92. The van der Waals surface area contributed by atoms with Crippen LogP contribution in [0.4, 0.5) is 5.82 Å². The van der Waals surface area contributed by atoms with E-state index in [9.17, 15) is 4.79 Å². The van der Waals surface area contributed by atoms with Crippen molar-refractivity contribution in [3.8, 4) is 0 Å². The van der Waals surface area contributed by atoms with Crippen LogP contribution >= 0.6 is 12.4 Å². The van der Waals surface area contributed by atoms with Crippen LogP contribution in [0.3, 0.4) is 0 Å². The third-order valence-electron chi connectivity index (χ3n) is 2.96. The summed E-state index contributed by atoms with van der Waals surface area (Å²) in [6.07, 6.45) is 2.45. The van der Waals surface area contributed by atoms with Gasteiger partial charge in [-0.3, -0.25) is 0 Å². The van der Waals surface area contributed by atoms with Gasteiger partial charge < -0.3 is 15.3 Å². The SMILES string of the molecule is CN(C)CCCNc1ncnc2cc(C(=O)O)ccc12.Cl. The summed E-state index contributed by atoms with van der Waals surface area (Å²) in [7, 11) is 4.07. The molecule has 114 valence electrons. The fourth-order valence-electron chi connectivity index (χ4n) is 1.93. The number of carbonyl (C=O) groups is 1. The lowest BCUT2D eigenvalue weighted by Gasteiger charge is -2.11. The van der Waals surface area contributed by atoms with Gasteiger partial charge in [0.2, 0.25) is 0 Å². The second kappa shape index (κ2) is 7.75. The highest BCUT2D eigenvalue weighted by Crippen LogP contribution is 2.20. The van der Waals surface area contributed by atoms with E-state index >= 15 is 0 Å². The lowest BCUT2D eigenvalue weighted by Crippen LogP contribution is -2.16. The smallest absolute Gasteiger partial charge is 0.335 e. The van der Waals surface area contributed by atoms with Crippen LogP contribution in [-0.4, -0.2) is 53.1 Å². The molecule has 0 aliphatic rings. The van der Waals surface area contributed by atoms with E-state index in [1.165, 1.54) is 6.33 Å². The van der Waals surface area contributed by atoms with E-state index in [4.69, 9.17) is 5.11 Å². The lowest BCUT2D eigenvalue weighted by atomic mass is 10.1. The summed E-state index contributed by atoms with van der Waals surface area (Å²) in [4.78, 5) is 21.4. The van der Waals surface area contributed by atoms with Gasteiger partial charge in [0.15, 0.2) is 0 Å². The number of aromatic carboxylic acids is 1. The van der Waals surface area contributed by atoms with Crippen LogP contribution in [0.15, 0.2) is 24.5 Å². The Morgan fingerprint density at radius 1 is 1.33 bits per heavy atom. The molecule has 1 aromatic carbocycles. The first-order chi connectivity index (χ1) is 9.58. The number of benzene rings is 1. The van der Waals surface area contributed by atoms with Crippen LogP contribution in [0, 0.1) is 0 Å². The van der Waals surface area contributed by atoms with Crippen molar-refractivity contribution in [3.05, 3.63) is 30.1 Å². The van der Waals surface area contributed by atoms with Gasteiger partial charge in [-0.1, -0.05) is 0 Å². The van der Waals surface area contributed by atoms with Crippen molar-refractivity contribution < 1.29 is 9.90 Å². The zero-order valence-corrected chi connectivity index (χ0v) is 12.9. The maximum atomic E-state index is 10.9. The molecule has 0 saturated carbocycles. The number of hydrogen-bond acceptors (Lipinski definition) is 5. The highest BCUT2D eigenvalue weighted by atomic mass is 35.5. The normalized spacial score (nSPS) is 10.4. The molecule has 0 spiro atoms. The van der Waals surface area contributed by atoms with E-state index in [0.717, 1.165) is 30.7 Å². The summed E-state index contributed by atoms with van der Waals surface area (Å²) in [5.41, 5.74) is 0.866. The van der Waals surface area contributed by atoms with Crippen molar-refractivity contribution >= 4 is 35.1 Å². The van der Waals surface area contributed by atoms with Gasteiger partial charge in [-0.05, 0) is 45.3 Å². The highest BCUT2D eigenvalue weighted by Gasteiger charge is 2.07. The van der Waals surface area contributed by atoms with Gasteiger partial charge in [-0.25, -0.2) is 14.8 Å². The first kappa shape index (κ1) is 17.1. The lowest BCUT2D eigenvalue weighted by molar-refractivity contribution is 0.0697. The standard InChI is InChI=1S/C14H18N4O2.ClH/c1-18(2)7-3-6-15-13-11-5-4-10(14(19)20)8-12(11)16-9-17-13;/h4-5,8-9H,3,6-7H2,1-2H3,(H,19,20)(H,15,16,17);1H. The number of carboxylic acids is 1. The van der Waals surface area contributed by atoms with E-state index in [1.807, 2.05) is 14.1 Å². The maximum absolute atomic E-state index is 10.9. The van der Waals surface area contributed by atoms with Crippen molar-refractivity contribution in [2.24, 2.45) is 0 Å². The Morgan fingerprint density at radius 3 is 2.76 bits per heavy atom. The number of carboxylic acid groups (broad SMARTS) is 1. The number of halogens is 1. The van der Waals surface area contributed by atoms with Gasteiger partial charge >= 0.3 is 5.97 Å². The monoisotopic (exact) mass is 310 g/mol. The van der Waals surface area contributed by atoms with Crippen LogP contribution in [0.25, 0.3) is 10.9 Å². The van der Waals surface area contributed by atoms with Crippen LogP contribution in [0.1, 0.15) is 16.8 Å². The quantitative estimate of drug-likeness (QED) is 0.796. The highest BCUT2D eigenvalue weighted by molar-refractivity contribution is 5.96. The third-order valence-corrected chi connectivity index (χ3v) is 2.96. The molecule has 2 N–H and O–H groups in total. The minimum Gasteiger partial charge on any atom is -0.478 e. The first-order valence-electron chi connectivity index (χ1n) is 6.44. The Kier molecular flexibility index (Phi) is 6.33. The number of nitrogens with one attached hydrogen (secondary N) is 1. The fourth-order valence-corrected chi connectivity index (χ4v) is 1.93. The molecule has 0 amide bonds. The molecule has 0 fully saturated rings. The van der Waals surface area contributed by atoms with Gasteiger partial charge in [0, 0.05) is 11.9 Å². The molecule has 0 saturated heterocycles. The number of fused-ring (bicyclic) bond motifs is 1. The maximum Gasteiger partial charge on any atom is 0.335 e. The molecule has 7 heteroatoms. The van der Waals surface area contributed by atoms with Crippen molar-refractivity contribution in [3.63, 3.8) is 0 Å². The summed E-state index contributed by atoms with van der Waals surface area (Å²) in [5, 5.41) is 13.1. The largest absolute Gasteiger partial charge is 0.478 e. The molecule has 0 bridgehead atoms. The van der Waals surface area contributed by atoms with Crippen molar-refractivity contribution in [2.45, 2.75) is 6.42 Å². The Labute approximate surface area is 129 Å². The second-order valence-electron chi connectivity index (χ2n) is 4.84. The zero-order chi connectivity index (χ0) is 14.5. The van der Waals surface area contributed by atoms with Crippen LogP contribution in [0.5, 0.6) is 0 Å². The molecule has 0 atom stereocenters. The van der Waals surface area contributed by atoms with Crippen molar-refractivity contribution in [1.82, 2.24) is 14.9 Å². The Bertz CT molecular complexity index is 619. The number of hydrogen-bond donors (Lipinski definition) is 2. The summed E-state index contributed by atoms with van der Waals surface area (Å²) in [6.45, 7) is 1.81. The van der Waals surface area contributed by atoms with E-state index < -0.39 is 5.97 Å². The summed E-state index contributed by atoms with van der Waals surface area (Å²) < 4.78 is 0. The second-order valence-corrected chi connectivity index (χ2v) is 4.84. The molecular weight excluding hydrogens is 292 g/mol. The molecule has 2 rings (SSSR count). The molecule has 0 aliphatic carbocycles. The average Bonchev–Trinajstić information content (AvgIpc) is 2.42. The van der Waals surface area contributed by atoms with Gasteiger partial charge in [0.25, 0.3) is 0 Å². The van der Waals surface area contributed by atoms with Crippen molar-refractivity contribution in [1.29, 1.82) is 0 Å². The average molecular weight is 311 g/mol. The van der Waals surface area contributed by atoms with E-state index in [2.05, 4.69) is 20.2 Å². The van der Waals surface area contributed by atoms with E-state index in [0.29, 0.717) is 5.52 Å². The predicted molar refractivity (Wildman–Crippen MR) is 85.4 cm³/mol. The van der Waals surface area contributed by atoms with E-state index in [-0.39, 0.29) is 18.0 Å². The third kappa shape index (κ3) is 4.54. The molecular formula is C14H19ClN4O2. The topological polar surface area (TPSA) is 78.3 Å². The summed E-state index contributed by atoms with van der Waals surface area (Å²) in [6, 6.07) is 4.87. The Morgan fingerprint density at radius 2 is 2.10 bits per heavy atom. The van der Waals surface area contributed by atoms with Gasteiger partial charge in [-0.2, -0.15) is 0 Å². The van der Waals surface area contributed by atoms with Crippen LogP contribution in [-0.2, 0) is 0 Å². The zero-order valence-electron chi connectivity index (χ0n) is 12.0. The molecule has 1 heterocycles. The fraction of sp³-hybridized carbons (Fsp3) is 0.357. The molecule has 6 nitrogen and oxygen atoms in total. The predicted octanol–water partition coefficient (Wildman–Crippen LogP) is 2.11. The molecule has 0 aliphatic heterocycles. The summed E-state index contributed by atoms with van der Waals surface area (Å²) >= 11 is 0. The number of aromatic nitrogens is 2. The van der Waals surface area contributed by atoms with E-state index in [1.54, 1.807) is 18.2 Å². The van der Waals surface area contributed by atoms with Crippen LogP contribution < -0.4 is 5.32 Å². The minimum absolute atomic E-state index is 0. The van der Waals surface area contributed by atoms with Crippen LogP contribution in [0.2, 0.25) is 0 Å². The molecule has 2 aromatic rings. The molecule has 0 radical (unpaired) electrons. The molecule has 0 unspecified atom stereocenters. The minimum atomic E-state index is -0.953. The van der Waals surface area contributed by atoms with Gasteiger partial charge in [0.05, 0.1) is 11.1 Å². The van der Waals surface area contributed by atoms with Gasteiger partial charge in [0.1, 0.15) is 12.1 Å². The number of anilines is 1.